The molecule has 0 amide bonds. The van der Waals surface area contributed by atoms with Gasteiger partial charge in [0.2, 0.25) is 10.0 Å². The first-order valence-corrected chi connectivity index (χ1v) is 7.65. The smallest absolute Gasteiger partial charge is 0.242 e. The lowest BCUT2D eigenvalue weighted by Gasteiger charge is -2.08. The van der Waals surface area contributed by atoms with Crippen molar-refractivity contribution in [2.75, 3.05) is 0 Å². The number of sulfonamides is 1. The predicted molar refractivity (Wildman–Crippen MR) is 77.9 cm³/mol. The number of hydrogen-bond acceptors (Lipinski definition) is 5. The third kappa shape index (κ3) is 3.34. The Bertz CT molecular complexity index is 729. The van der Waals surface area contributed by atoms with E-state index in [-0.39, 0.29) is 21.5 Å². The van der Waals surface area contributed by atoms with Crippen molar-refractivity contribution in [3.8, 4) is 0 Å². The van der Waals surface area contributed by atoms with Crippen LogP contribution in [0.2, 0.25) is 5.02 Å². The molecule has 0 spiro atoms. The molecular weight excluding hydrogens is 322 g/mol. The molecule has 2 rings (SSSR count). The van der Waals surface area contributed by atoms with Crippen molar-refractivity contribution in [1.29, 1.82) is 0 Å². The topological polar surface area (TPSA) is 98.2 Å². The molecule has 6 nitrogen and oxygen atoms in total. The molecule has 0 unspecified atom stereocenters. The average Bonchev–Trinajstić information content (AvgIpc) is 2.89. The molecular formula is C11H10ClN3O3S2. The third-order valence-corrected chi connectivity index (χ3v) is 4.56. The van der Waals surface area contributed by atoms with E-state index in [1.165, 1.54) is 24.5 Å². The highest BCUT2D eigenvalue weighted by molar-refractivity contribution is 7.89. The van der Waals surface area contributed by atoms with Crippen molar-refractivity contribution in [3.63, 3.8) is 0 Å². The standard InChI is InChI=1S/C11H10ClN3O3S2/c12-9-5-7(11(13)19)1-2-10(9)20(16,17)14-6-8-3-4-18-15-8/h1-5,14H,6H2,(H2,13,19). The van der Waals surface area contributed by atoms with Gasteiger partial charge in [-0.3, -0.25) is 0 Å². The second-order valence-corrected chi connectivity index (χ2v) is 6.41. The minimum Gasteiger partial charge on any atom is -0.389 e. The highest BCUT2D eigenvalue weighted by atomic mass is 35.5. The summed E-state index contributed by atoms with van der Waals surface area (Å²) in [6.45, 7) is 0.00617. The molecule has 0 saturated carbocycles. The number of nitrogens with two attached hydrogens (primary N) is 1. The van der Waals surface area contributed by atoms with Gasteiger partial charge in [0.15, 0.2) is 0 Å². The quantitative estimate of drug-likeness (QED) is 0.804. The van der Waals surface area contributed by atoms with Crippen LogP contribution in [-0.4, -0.2) is 18.6 Å². The molecule has 3 N–H and O–H groups in total. The lowest BCUT2D eigenvalue weighted by molar-refractivity contribution is 0.411. The third-order valence-electron chi connectivity index (χ3n) is 2.44. The van der Waals surface area contributed by atoms with Gasteiger partial charge in [0, 0.05) is 11.6 Å². The average molecular weight is 332 g/mol. The van der Waals surface area contributed by atoms with Gasteiger partial charge in [0.1, 0.15) is 16.1 Å². The highest BCUT2D eigenvalue weighted by Crippen LogP contribution is 2.22. The van der Waals surface area contributed by atoms with E-state index in [4.69, 9.17) is 29.6 Å². The summed E-state index contributed by atoms with van der Waals surface area (Å²) in [6.07, 6.45) is 1.35. The Morgan fingerprint density at radius 2 is 2.20 bits per heavy atom. The van der Waals surface area contributed by atoms with Crippen molar-refractivity contribution < 1.29 is 12.9 Å². The molecule has 0 aliphatic carbocycles. The van der Waals surface area contributed by atoms with Gasteiger partial charge in [-0.15, -0.1) is 0 Å². The second kappa shape index (κ2) is 5.88. The Morgan fingerprint density at radius 3 is 2.75 bits per heavy atom. The van der Waals surface area contributed by atoms with E-state index in [9.17, 15) is 8.42 Å². The zero-order valence-electron chi connectivity index (χ0n) is 10.0. The molecule has 1 heterocycles. The molecule has 2 aromatic rings. The molecule has 1 aromatic heterocycles. The van der Waals surface area contributed by atoms with Gasteiger partial charge < -0.3 is 10.3 Å². The lowest BCUT2D eigenvalue weighted by Crippen LogP contribution is -2.24. The van der Waals surface area contributed by atoms with E-state index >= 15 is 0 Å². The molecule has 0 aliphatic heterocycles. The number of nitrogens with zero attached hydrogens (tertiary/aromatic N) is 1. The van der Waals surface area contributed by atoms with E-state index in [0.717, 1.165) is 0 Å². The largest absolute Gasteiger partial charge is 0.389 e. The molecule has 20 heavy (non-hydrogen) atoms. The van der Waals surface area contributed by atoms with E-state index in [1.807, 2.05) is 0 Å². The predicted octanol–water partition coefficient (Wildman–Crippen LogP) is 1.44. The Kier molecular flexibility index (Phi) is 4.39. The zero-order valence-corrected chi connectivity index (χ0v) is 12.4. The highest BCUT2D eigenvalue weighted by Gasteiger charge is 2.18. The summed E-state index contributed by atoms with van der Waals surface area (Å²) >= 11 is 10.7. The van der Waals surface area contributed by atoms with Gasteiger partial charge in [-0.05, 0) is 12.1 Å². The monoisotopic (exact) mass is 331 g/mol. The summed E-state index contributed by atoms with van der Waals surface area (Å²) in [5.74, 6) is 0. The first-order valence-electron chi connectivity index (χ1n) is 5.38. The number of rotatable bonds is 5. The van der Waals surface area contributed by atoms with Crippen LogP contribution in [0.4, 0.5) is 0 Å². The molecule has 0 bridgehead atoms. The van der Waals surface area contributed by atoms with Crippen molar-refractivity contribution in [3.05, 3.63) is 46.8 Å². The Labute approximate surface area is 125 Å². The van der Waals surface area contributed by atoms with Crippen LogP contribution >= 0.6 is 23.8 Å². The van der Waals surface area contributed by atoms with Crippen LogP contribution in [0.25, 0.3) is 0 Å². The maximum Gasteiger partial charge on any atom is 0.242 e. The molecule has 0 saturated heterocycles. The number of nitrogens with one attached hydrogen (secondary N) is 1. The van der Waals surface area contributed by atoms with Gasteiger partial charge >= 0.3 is 0 Å². The normalized spacial score (nSPS) is 11.4. The van der Waals surface area contributed by atoms with Gasteiger partial charge in [0.05, 0.1) is 17.3 Å². The van der Waals surface area contributed by atoms with Crippen molar-refractivity contribution in [2.45, 2.75) is 11.4 Å². The first kappa shape index (κ1) is 14.9. The Balaban J connectivity index is 2.23. The van der Waals surface area contributed by atoms with Crippen LogP contribution in [0.5, 0.6) is 0 Å². The molecule has 1 aromatic carbocycles. The molecule has 106 valence electrons. The SMILES string of the molecule is NC(=S)c1ccc(S(=O)(=O)NCc2ccon2)c(Cl)c1. The van der Waals surface area contributed by atoms with Crippen LogP contribution in [0.15, 0.2) is 39.9 Å². The number of thiocarbonyl (C=S) groups is 1. The summed E-state index contributed by atoms with van der Waals surface area (Å²) in [4.78, 5) is 0.0917. The zero-order chi connectivity index (χ0) is 14.8. The van der Waals surface area contributed by atoms with Gasteiger partial charge in [-0.1, -0.05) is 35.0 Å². The number of benzene rings is 1. The first-order chi connectivity index (χ1) is 9.40. The van der Waals surface area contributed by atoms with Crippen molar-refractivity contribution >= 4 is 38.8 Å². The second-order valence-electron chi connectivity index (χ2n) is 3.82. The van der Waals surface area contributed by atoms with Crippen molar-refractivity contribution in [1.82, 2.24) is 9.88 Å². The van der Waals surface area contributed by atoms with Gasteiger partial charge in [0.25, 0.3) is 0 Å². The fourth-order valence-electron chi connectivity index (χ4n) is 1.45. The Hall–Kier alpha value is -1.48. The molecule has 9 heteroatoms. The van der Waals surface area contributed by atoms with E-state index in [1.54, 1.807) is 6.07 Å². The molecule has 0 radical (unpaired) electrons. The van der Waals surface area contributed by atoms with Crippen LogP contribution < -0.4 is 10.5 Å². The van der Waals surface area contributed by atoms with Crippen LogP contribution in [0, 0.1) is 0 Å². The number of hydrogen-bond donors (Lipinski definition) is 2. The number of halogens is 1. The Morgan fingerprint density at radius 1 is 1.45 bits per heavy atom. The molecule has 0 aliphatic rings. The fraction of sp³-hybridized carbons (Fsp3) is 0.0909. The maximum atomic E-state index is 12.1. The van der Waals surface area contributed by atoms with Crippen LogP contribution in [0.1, 0.15) is 11.3 Å². The minimum absolute atomic E-state index is 0.00617. The minimum atomic E-state index is -3.76. The summed E-state index contributed by atoms with van der Waals surface area (Å²) in [5.41, 5.74) is 6.42. The van der Waals surface area contributed by atoms with Crippen molar-refractivity contribution in [2.24, 2.45) is 5.73 Å². The molecule has 0 fully saturated rings. The lowest BCUT2D eigenvalue weighted by atomic mass is 10.2. The van der Waals surface area contributed by atoms with E-state index < -0.39 is 10.0 Å². The number of aromatic nitrogens is 1. The van der Waals surface area contributed by atoms with E-state index in [2.05, 4.69) is 14.4 Å². The fourth-order valence-corrected chi connectivity index (χ4v) is 3.12. The summed E-state index contributed by atoms with van der Waals surface area (Å²) in [6, 6.07) is 5.81. The van der Waals surface area contributed by atoms with E-state index in [0.29, 0.717) is 11.3 Å². The summed E-state index contributed by atoms with van der Waals surface area (Å²) in [5, 5.41) is 3.65. The van der Waals surface area contributed by atoms with Crippen LogP contribution in [0.3, 0.4) is 0 Å². The van der Waals surface area contributed by atoms with Gasteiger partial charge in [-0.2, -0.15) is 0 Å². The summed E-state index contributed by atoms with van der Waals surface area (Å²) < 4.78 is 31.2. The molecule has 0 atom stereocenters. The van der Waals surface area contributed by atoms with Crippen LogP contribution in [-0.2, 0) is 16.6 Å². The summed E-state index contributed by atoms with van der Waals surface area (Å²) in [7, 11) is -3.76. The maximum absolute atomic E-state index is 12.1. The van der Waals surface area contributed by atoms with Gasteiger partial charge in [-0.25, -0.2) is 13.1 Å².